The van der Waals surface area contributed by atoms with Gasteiger partial charge in [-0.3, -0.25) is 0 Å². The number of thioether (sulfide) groups is 1. The van der Waals surface area contributed by atoms with Gasteiger partial charge in [0.1, 0.15) is 0 Å². The number of hydrogen-bond donors (Lipinski definition) is 1. The van der Waals surface area contributed by atoms with Crippen molar-refractivity contribution in [2.24, 2.45) is 0 Å². The van der Waals surface area contributed by atoms with E-state index in [1.165, 1.54) is 16.9 Å². The second-order valence-corrected chi connectivity index (χ2v) is 4.87. The lowest BCUT2D eigenvalue weighted by atomic mass is 10.2. The third-order valence-electron chi connectivity index (χ3n) is 2.15. The predicted octanol–water partition coefficient (Wildman–Crippen LogP) is 3.47. The molecule has 0 saturated carbocycles. The van der Waals surface area contributed by atoms with Gasteiger partial charge in [-0.15, -0.1) is 11.8 Å². The van der Waals surface area contributed by atoms with Gasteiger partial charge in [-0.05, 0) is 37.1 Å². The largest absolute Gasteiger partial charge is 0.399 e. The zero-order chi connectivity index (χ0) is 9.84. The number of hydrogen-bond acceptors (Lipinski definition) is 2. The van der Waals surface area contributed by atoms with Crippen molar-refractivity contribution in [3.63, 3.8) is 0 Å². The highest BCUT2D eigenvalue weighted by molar-refractivity contribution is 7.99. The third kappa shape index (κ3) is 2.96. The van der Waals surface area contributed by atoms with Gasteiger partial charge in [0, 0.05) is 15.8 Å². The number of nitrogen functional groups attached to an aromatic ring is 1. The molecule has 0 aliphatic heterocycles. The van der Waals surface area contributed by atoms with Crippen molar-refractivity contribution in [2.45, 2.75) is 37.3 Å². The van der Waals surface area contributed by atoms with Crippen molar-refractivity contribution < 1.29 is 0 Å². The van der Waals surface area contributed by atoms with E-state index in [2.05, 4.69) is 32.9 Å². The highest BCUT2D eigenvalue weighted by Gasteiger charge is 2.02. The molecule has 1 atom stereocenters. The highest BCUT2D eigenvalue weighted by Crippen LogP contribution is 2.27. The number of nitrogens with two attached hydrogens (primary N) is 1. The average Bonchev–Trinajstić information content (AvgIpc) is 2.11. The van der Waals surface area contributed by atoms with Gasteiger partial charge >= 0.3 is 0 Å². The summed E-state index contributed by atoms with van der Waals surface area (Å²) in [6.07, 6.45) is 1.20. The van der Waals surface area contributed by atoms with E-state index in [0.29, 0.717) is 5.25 Å². The maximum atomic E-state index is 5.74. The van der Waals surface area contributed by atoms with Gasteiger partial charge in [-0.25, -0.2) is 0 Å². The van der Waals surface area contributed by atoms with Crippen molar-refractivity contribution in [1.82, 2.24) is 0 Å². The molecule has 0 heterocycles. The Kier molecular flexibility index (Phi) is 3.67. The Labute approximate surface area is 84.7 Å². The van der Waals surface area contributed by atoms with Crippen LogP contribution in [0.2, 0.25) is 0 Å². The number of rotatable bonds is 3. The summed E-state index contributed by atoms with van der Waals surface area (Å²) < 4.78 is 0. The zero-order valence-corrected chi connectivity index (χ0v) is 9.32. The molecule has 1 unspecified atom stereocenters. The summed E-state index contributed by atoms with van der Waals surface area (Å²) >= 11 is 1.91. The standard InChI is InChI=1S/C11H17NS/c1-4-9(3)13-10-5-6-11(12)8(2)7-10/h5-7,9H,4,12H2,1-3H3. The minimum Gasteiger partial charge on any atom is -0.399 e. The van der Waals surface area contributed by atoms with Crippen LogP contribution in [0.3, 0.4) is 0 Å². The summed E-state index contributed by atoms with van der Waals surface area (Å²) in [5, 5.41) is 0.683. The van der Waals surface area contributed by atoms with E-state index in [1.807, 2.05) is 17.8 Å². The summed E-state index contributed by atoms with van der Waals surface area (Å²) in [6.45, 7) is 6.51. The van der Waals surface area contributed by atoms with Crippen molar-refractivity contribution in [3.8, 4) is 0 Å². The predicted molar refractivity (Wildman–Crippen MR) is 61.2 cm³/mol. The molecule has 2 N–H and O–H groups in total. The lowest BCUT2D eigenvalue weighted by molar-refractivity contribution is 0.905. The Morgan fingerprint density at radius 3 is 2.69 bits per heavy atom. The summed E-state index contributed by atoms with van der Waals surface area (Å²) in [4.78, 5) is 1.32. The highest BCUT2D eigenvalue weighted by atomic mass is 32.2. The zero-order valence-electron chi connectivity index (χ0n) is 8.50. The number of benzene rings is 1. The van der Waals surface area contributed by atoms with E-state index in [4.69, 9.17) is 5.73 Å². The van der Waals surface area contributed by atoms with E-state index in [1.54, 1.807) is 0 Å². The fourth-order valence-corrected chi connectivity index (χ4v) is 2.06. The van der Waals surface area contributed by atoms with Gasteiger partial charge < -0.3 is 5.73 Å². The van der Waals surface area contributed by atoms with Gasteiger partial charge in [0.25, 0.3) is 0 Å². The quantitative estimate of drug-likeness (QED) is 0.590. The smallest absolute Gasteiger partial charge is 0.0344 e. The van der Waals surface area contributed by atoms with Crippen LogP contribution in [0.25, 0.3) is 0 Å². The Balaban J connectivity index is 2.73. The van der Waals surface area contributed by atoms with E-state index in [-0.39, 0.29) is 0 Å². The molecule has 0 radical (unpaired) electrons. The van der Waals surface area contributed by atoms with Crippen LogP contribution in [0.5, 0.6) is 0 Å². The van der Waals surface area contributed by atoms with Crippen LogP contribution >= 0.6 is 11.8 Å². The van der Waals surface area contributed by atoms with Gasteiger partial charge in [0.15, 0.2) is 0 Å². The van der Waals surface area contributed by atoms with Crippen LogP contribution in [-0.2, 0) is 0 Å². The van der Waals surface area contributed by atoms with E-state index >= 15 is 0 Å². The lowest BCUT2D eigenvalue weighted by Crippen LogP contribution is -1.93. The monoisotopic (exact) mass is 195 g/mol. The molecule has 0 saturated heterocycles. The molecule has 72 valence electrons. The SMILES string of the molecule is CCC(C)Sc1ccc(N)c(C)c1. The Hall–Kier alpha value is -0.630. The van der Waals surface area contributed by atoms with Crippen molar-refractivity contribution in [1.29, 1.82) is 0 Å². The van der Waals surface area contributed by atoms with Crippen LogP contribution in [0.15, 0.2) is 23.1 Å². The normalized spacial score (nSPS) is 12.8. The maximum Gasteiger partial charge on any atom is 0.0344 e. The van der Waals surface area contributed by atoms with E-state index < -0.39 is 0 Å². The molecular weight excluding hydrogens is 178 g/mol. The Morgan fingerprint density at radius 1 is 1.46 bits per heavy atom. The van der Waals surface area contributed by atoms with Crippen LogP contribution < -0.4 is 5.73 Å². The summed E-state index contributed by atoms with van der Waals surface area (Å²) in [5.74, 6) is 0. The molecule has 1 aromatic rings. The fourth-order valence-electron chi connectivity index (χ4n) is 1.04. The molecule has 2 heteroatoms. The van der Waals surface area contributed by atoms with Crippen LogP contribution in [-0.4, -0.2) is 5.25 Å². The first-order chi connectivity index (χ1) is 6.13. The molecule has 0 aliphatic carbocycles. The minimum atomic E-state index is 0.683. The number of aryl methyl sites for hydroxylation is 1. The summed E-state index contributed by atoms with van der Waals surface area (Å²) in [5.41, 5.74) is 7.80. The van der Waals surface area contributed by atoms with Crippen LogP contribution in [0.1, 0.15) is 25.8 Å². The van der Waals surface area contributed by atoms with Gasteiger partial charge in [0.2, 0.25) is 0 Å². The second-order valence-electron chi connectivity index (χ2n) is 3.36. The molecule has 1 nitrogen and oxygen atoms in total. The first kappa shape index (κ1) is 10.5. The molecule has 0 amide bonds. The molecule has 0 bridgehead atoms. The minimum absolute atomic E-state index is 0.683. The van der Waals surface area contributed by atoms with Crippen LogP contribution in [0.4, 0.5) is 5.69 Å². The Bertz CT molecular complexity index is 283. The van der Waals surface area contributed by atoms with Crippen LogP contribution in [0, 0.1) is 6.92 Å². The topological polar surface area (TPSA) is 26.0 Å². The molecular formula is C11H17NS. The average molecular weight is 195 g/mol. The summed E-state index contributed by atoms with van der Waals surface area (Å²) in [6, 6.07) is 6.24. The molecule has 0 fully saturated rings. The van der Waals surface area contributed by atoms with Crippen molar-refractivity contribution >= 4 is 17.4 Å². The molecule has 0 spiro atoms. The molecule has 1 aromatic carbocycles. The fraction of sp³-hybridized carbons (Fsp3) is 0.455. The molecule has 1 rings (SSSR count). The molecule has 13 heavy (non-hydrogen) atoms. The van der Waals surface area contributed by atoms with Gasteiger partial charge in [-0.2, -0.15) is 0 Å². The van der Waals surface area contributed by atoms with Gasteiger partial charge in [-0.1, -0.05) is 13.8 Å². The van der Waals surface area contributed by atoms with E-state index in [9.17, 15) is 0 Å². The lowest BCUT2D eigenvalue weighted by Gasteiger charge is -2.09. The second kappa shape index (κ2) is 4.56. The van der Waals surface area contributed by atoms with Crippen molar-refractivity contribution in [2.75, 3.05) is 5.73 Å². The Morgan fingerprint density at radius 2 is 2.15 bits per heavy atom. The summed E-state index contributed by atoms with van der Waals surface area (Å²) in [7, 11) is 0. The first-order valence-electron chi connectivity index (χ1n) is 4.66. The van der Waals surface area contributed by atoms with E-state index in [0.717, 1.165) is 5.69 Å². The third-order valence-corrected chi connectivity index (χ3v) is 3.42. The first-order valence-corrected chi connectivity index (χ1v) is 5.54. The van der Waals surface area contributed by atoms with Gasteiger partial charge in [0.05, 0.1) is 0 Å². The molecule has 0 aromatic heterocycles. The maximum absolute atomic E-state index is 5.74. The number of anilines is 1. The van der Waals surface area contributed by atoms with Crippen molar-refractivity contribution in [3.05, 3.63) is 23.8 Å². The molecule has 0 aliphatic rings.